The molecule has 1 saturated heterocycles. The predicted molar refractivity (Wildman–Crippen MR) is 148 cm³/mol. The lowest BCUT2D eigenvalue weighted by molar-refractivity contribution is -0.108. The second-order valence-electron chi connectivity index (χ2n) is 9.85. The fourth-order valence-electron chi connectivity index (χ4n) is 5.17. The van der Waals surface area contributed by atoms with Gasteiger partial charge in [-0.1, -0.05) is 24.3 Å². The van der Waals surface area contributed by atoms with Crippen LogP contribution in [0.15, 0.2) is 77.8 Å². The van der Waals surface area contributed by atoms with E-state index in [1.54, 1.807) is 35.7 Å². The standard InChI is InChI=1S/C30H32N2O5S/c1-21(2)37-25-8-10-27(11-9-25)38(34,35)32-14-13-24(19-32)29-20-31(15-16-33)30-18-23(7-12-28(29)30)22-5-4-6-26(17-22)36-3/h4-12,16-18,20-21,24H,13-15,19H2,1-3H3. The number of aldehydes is 1. The number of benzene rings is 3. The number of fused-ring (bicyclic) bond motifs is 1. The molecule has 1 aliphatic rings. The van der Waals surface area contributed by atoms with Crippen molar-refractivity contribution in [3.8, 4) is 22.6 Å². The molecule has 0 N–H and O–H groups in total. The van der Waals surface area contributed by atoms with E-state index in [9.17, 15) is 13.2 Å². The Morgan fingerprint density at radius 2 is 1.76 bits per heavy atom. The fraction of sp³-hybridized carbons (Fsp3) is 0.300. The Balaban J connectivity index is 1.43. The van der Waals surface area contributed by atoms with Crippen molar-refractivity contribution < 1.29 is 22.7 Å². The normalized spacial score (nSPS) is 16.3. The van der Waals surface area contributed by atoms with E-state index in [0.717, 1.165) is 39.6 Å². The molecule has 1 unspecified atom stereocenters. The van der Waals surface area contributed by atoms with Crippen LogP contribution in [0.4, 0.5) is 0 Å². The van der Waals surface area contributed by atoms with Gasteiger partial charge in [0.2, 0.25) is 10.0 Å². The molecule has 0 bridgehead atoms. The third-order valence-electron chi connectivity index (χ3n) is 7.01. The predicted octanol–water partition coefficient (Wildman–Crippen LogP) is 5.48. The number of carbonyl (C=O) groups excluding carboxylic acids is 1. The molecule has 0 saturated carbocycles. The molecule has 3 aromatic carbocycles. The van der Waals surface area contributed by atoms with E-state index in [2.05, 4.69) is 18.2 Å². The van der Waals surface area contributed by atoms with Gasteiger partial charge in [0.25, 0.3) is 0 Å². The van der Waals surface area contributed by atoms with E-state index in [0.29, 0.717) is 25.3 Å². The first kappa shape index (κ1) is 26.0. The minimum absolute atomic E-state index is 0.0183. The number of nitrogens with zero attached hydrogens (tertiary/aromatic N) is 2. The van der Waals surface area contributed by atoms with Crippen LogP contribution in [-0.2, 0) is 21.4 Å². The van der Waals surface area contributed by atoms with Gasteiger partial charge in [-0.15, -0.1) is 0 Å². The number of sulfonamides is 1. The molecule has 8 heteroatoms. The summed E-state index contributed by atoms with van der Waals surface area (Å²) >= 11 is 0. The van der Waals surface area contributed by atoms with Crippen molar-refractivity contribution in [2.24, 2.45) is 0 Å². The van der Waals surface area contributed by atoms with Crippen molar-refractivity contribution >= 4 is 27.2 Å². The molecule has 38 heavy (non-hydrogen) atoms. The lowest BCUT2D eigenvalue weighted by atomic mass is 9.96. The van der Waals surface area contributed by atoms with Crippen molar-refractivity contribution in [2.45, 2.75) is 43.7 Å². The molecule has 1 aromatic heterocycles. The maximum absolute atomic E-state index is 13.4. The highest BCUT2D eigenvalue weighted by Crippen LogP contribution is 2.38. The number of rotatable bonds is 9. The van der Waals surface area contributed by atoms with Gasteiger partial charge < -0.3 is 18.8 Å². The van der Waals surface area contributed by atoms with Crippen molar-refractivity contribution in [3.05, 3.63) is 78.5 Å². The lowest BCUT2D eigenvalue weighted by Gasteiger charge is -2.17. The van der Waals surface area contributed by atoms with Gasteiger partial charge in [0, 0.05) is 36.1 Å². The van der Waals surface area contributed by atoms with Crippen LogP contribution in [0.2, 0.25) is 0 Å². The summed E-state index contributed by atoms with van der Waals surface area (Å²) in [5, 5.41) is 1.04. The molecule has 1 fully saturated rings. The van der Waals surface area contributed by atoms with E-state index < -0.39 is 10.0 Å². The monoisotopic (exact) mass is 532 g/mol. The second kappa shape index (κ2) is 10.6. The Morgan fingerprint density at radius 1 is 1.00 bits per heavy atom. The summed E-state index contributed by atoms with van der Waals surface area (Å²) in [6.45, 7) is 4.93. The van der Waals surface area contributed by atoms with Gasteiger partial charge in [0.1, 0.15) is 17.8 Å². The van der Waals surface area contributed by atoms with E-state index in [4.69, 9.17) is 9.47 Å². The highest BCUT2D eigenvalue weighted by Gasteiger charge is 2.34. The first-order chi connectivity index (χ1) is 18.3. The van der Waals surface area contributed by atoms with Crippen LogP contribution < -0.4 is 9.47 Å². The van der Waals surface area contributed by atoms with Crippen molar-refractivity contribution in [1.82, 2.24) is 8.87 Å². The van der Waals surface area contributed by atoms with Gasteiger partial charge in [-0.05, 0) is 79.4 Å². The van der Waals surface area contributed by atoms with Crippen LogP contribution in [-0.4, -0.2) is 49.9 Å². The lowest BCUT2D eigenvalue weighted by Crippen LogP contribution is -2.28. The summed E-state index contributed by atoms with van der Waals surface area (Å²) in [5.41, 5.74) is 4.07. The first-order valence-corrected chi connectivity index (χ1v) is 14.2. The average Bonchev–Trinajstić information content (AvgIpc) is 3.55. The van der Waals surface area contributed by atoms with Gasteiger partial charge in [-0.3, -0.25) is 0 Å². The third-order valence-corrected chi connectivity index (χ3v) is 8.89. The van der Waals surface area contributed by atoms with E-state index in [1.807, 2.05) is 48.9 Å². The second-order valence-corrected chi connectivity index (χ2v) is 11.8. The maximum Gasteiger partial charge on any atom is 0.243 e. The van der Waals surface area contributed by atoms with E-state index >= 15 is 0 Å². The molecule has 198 valence electrons. The molecule has 5 rings (SSSR count). The molecule has 2 heterocycles. The Morgan fingerprint density at radius 3 is 2.47 bits per heavy atom. The number of carbonyl (C=O) groups is 1. The first-order valence-electron chi connectivity index (χ1n) is 12.8. The smallest absolute Gasteiger partial charge is 0.243 e. The molecule has 0 spiro atoms. The van der Waals surface area contributed by atoms with Crippen LogP contribution in [0.25, 0.3) is 22.0 Å². The summed E-state index contributed by atoms with van der Waals surface area (Å²) in [5.74, 6) is 1.46. The molecule has 0 radical (unpaired) electrons. The number of hydrogen-bond acceptors (Lipinski definition) is 5. The van der Waals surface area contributed by atoms with Gasteiger partial charge in [-0.2, -0.15) is 4.31 Å². The number of ether oxygens (including phenoxy) is 2. The molecule has 7 nitrogen and oxygen atoms in total. The molecule has 0 aliphatic carbocycles. The molecular formula is C30H32N2O5S. The molecule has 4 aromatic rings. The number of methoxy groups -OCH3 is 1. The molecule has 0 amide bonds. The van der Waals surface area contributed by atoms with Crippen LogP contribution >= 0.6 is 0 Å². The fourth-order valence-corrected chi connectivity index (χ4v) is 6.67. The Bertz CT molecular complexity index is 1560. The molecular weight excluding hydrogens is 500 g/mol. The number of hydrogen-bond donors (Lipinski definition) is 0. The summed E-state index contributed by atoms with van der Waals surface area (Å²) in [6, 6.07) is 20.7. The summed E-state index contributed by atoms with van der Waals surface area (Å²) < 4.78 is 41.3. The zero-order valence-corrected chi connectivity index (χ0v) is 22.6. The zero-order chi connectivity index (χ0) is 26.9. The van der Waals surface area contributed by atoms with Crippen LogP contribution in [0, 0.1) is 0 Å². The van der Waals surface area contributed by atoms with Gasteiger partial charge in [0.05, 0.1) is 24.7 Å². The highest BCUT2D eigenvalue weighted by atomic mass is 32.2. The van der Waals surface area contributed by atoms with Gasteiger partial charge >= 0.3 is 0 Å². The van der Waals surface area contributed by atoms with Crippen LogP contribution in [0.5, 0.6) is 11.5 Å². The Kier molecular flexibility index (Phi) is 7.27. The van der Waals surface area contributed by atoms with Crippen molar-refractivity contribution in [1.29, 1.82) is 0 Å². The summed E-state index contributed by atoms with van der Waals surface area (Å²) in [6.07, 6.45) is 3.63. The Hall–Kier alpha value is -3.62. The van der Waals surface area contributed by atoms with E-state index in [1.165, 1.54) is 0 Å². The van der Waals surface area contributed by atoms with Crippen molar-refractivity contribution in [2.75, 3.05) is 20.2 Å². The number of aromatic nitrogens is 1. The van der Waals surface area contributed by atoms with Crippen molar-refractivity contribution in [3.63, 3.8) is 0 Å². The average molecular weight is 533 g/mol. The summed E-state index contributed by atoms with van der Waals surface area (Å²) in [7, 11) is -1.98. The Labute approximate surface area is 223 Å². The van der Waals surface area contributed by atoms with E-state index in [-0.39, 0.29) is 23.5 Å². The molecule has 1 aliphatic heterocycles. The molecule has 1 atom stereocenters. The minimum atomic E-state index is -3.63. The SMILES string of the molecule is COc1cccc(-c2ccc3c(C4CCN(S(=O)(=O)c5ccc(OC(C)C)cc5)C4)cn(CC=O)c3c2)c1. The van der Waals surface area contributed by atoms with Crippen LogP contribution in [0.3, 0.4) is 0 Å². The minimum Gasteiger partial charge on any atom is -0.497 e. The largest absolute Gasteiger partial charge is 0.497 e. The third kappa shape index (κ3) is 5.06. The quantitative estimate of drug-likeness (QED) is 0.267. The zero-order valence-electron chi connectivity index (χ0n) is 21.8. The topological polar surface area (TPSA) is 77.8 Å². The summed E-state index contributed by atoms with van der Waals surface area (Å²) in [4.78, 5) is 11.7. The highest BCUT2D eigenvalue weighted by molar-refractivity contribution is 7.89. The maximum atomic E-state index is 13.4. The van der Waals surface area contributed by atoms with Crippen LogP contribution in [0.1, 0.15) is 31.7 Å². The van der Waals surface area contributed by atoms with Gasteiger partial charge in [-0.25, -0.2) is 8.42 Å². The van der Waals surface area contributed by atoms with Gasteiger partial charge in [0.15, 0.2) is 0 Å².